The highest BCUT2D eigenvalue weighted by Gasteiger charge is 2.55. The van der Waals surface area contributed by atoms with Gasteiger partial charge in [0.2, 0.25) is 0 Å². The van der Waals surface area contributed by atoms with Crippen molar-refractivity contribution < 1.29 is 14.7 Å². The van der Waals surface area contributed by atoms with Crippen LogP contribution in [0.1, 0.15) is 66.4 Å². The Morgan fingerprint density at radius 1 is 1.23 bits per heavy atom. The molecule has 0 heterocycles. The minimum Gasteiger partial charge on any atom is -0.508 e. The summed E-state index contributed by atoms with van der Waals surface area (Å²) in [6, 6.07) is 3.65. The summed E-state index contributed by atoms with van der Waals surface area (Å²) in [5.41, 5.74) is 2.45. The number of carbonyl (C=O) groups excluding carboxylic acids is 2. The average Bonchev–Trinajstić information content (AvgIpc) is 2.78. The van der Waals surface area contributed by atoms with Crippen molar-refractivity contribution in [2.75, 3.05) is 0 Å². The quantitative estimate of drug-likeness (QED) is 0.793. The van der Waals surface area contributed by atoms with Crippen molar-refractivity contribution in [3.8, 4) is 5.75 Å². The van der Waals surface area contributed by atoms with Gasteiger partial charge in [-0.15, -0.1) is 0 Å². The molecule has 22 heavy (non-hydrogen) atoms. The number of hydrogen-bond donors (Lipinski definition) is 1. The molecule has 2 fully saturated rings. The highest BCUT2D eigenvalue weighted by atomic mass is 16.3. The zero-order chi connectivity index (χ0) is 15.6. The van der Waals surface area contributed by atoms with Gasteiger partial charge in [0.25, 0.3) is 0 Å². The number of hydrogen-bond acceptors (Lipinski definition) is 3. The standard InChI is InChI=1S/C19H22O3/c1-10-7-12-11-5-6-19(2)15(3-4-18(19)22)13(11)8-17(21)14(12)9-16(10)20/h7,9,11,13,15,20H,3-6,8H2,1-2H3/t11?,13?,15?,19-/m0/s1. The van der Waals surface area contributed by atoms with Crippen molar-refractivity contribution in [1.29, 1.82) is 0 Å². The van der Waals surface area contributed by atoms with Crippen molar-refractivity contribution in [2.45, 2.75) is 51.9 Å². The molecular formula is C19H22O3. The second-order valence-corrected chi connectivity index (χ2v) is 7.65. The first-order chi connectivity index (χ1) is 10.4. The Balaban J connectivity index is 1.81. The Labute approximate surface area is 130 Å². The minimum atomic E-state index is -0.203. The number of carbonyl (C=O) groups is 2. The predicted molar refractivity (Wildman–Crippen MR) is 83.1 cm³/mol. The lowest BCUT2D eigenvalue weighted by atomic mass is 9.55. The van der Waals surface area contributed by atoms with E-state index in [0.29, 0.717) is 41.9 Å². The van der Waals surface area contributed by atoms with Gasteiger partial charge < -0.3 is 5.11 Å². The maximum Gasteiger partial charge on any atom is 0.163 e. The van der Waals surface area contributed by atoms with Gasteiger partial charge in [0.15, 0.2) is 5.78 Å². The van der Waals surface area contributed by atoms with Gasteiger partial charge in [-0.3, -0.25) is 9.59 Å². The maximum atomic E-state index is 12.6. The van der Waals surface area contributed by atoms with E-state index >= 15 is 0 Å². The van der Waals surface area contributed by atoms with Crippen LogP contribution < -0.4 is 0 Å². The third kappa shape index (κ3) is 1.68. The van der Waals surface area contributed by atoms with Gasteiger partial charge in [-0.2, -0.15) is 0 Å². The number of phenolic OH excluding ortho intramolecular Hbond substituents is 1. The Bertz CT molecular complexity index is 690. The number of Topliss-reactive ketones (excluding diaryl/α,β-unsaturated/α-hetero) is 2. The molecule has 0 bridgehead atoms. The normalized spacial score (nSPS) is 36.7. The van der Waals surface area contributed by atoms with E-state index in [9.17, 15) is 14.7 Å². The second kappa shape index (κ2) is 4.43. The van der Waals surface area contributed by atoms with Gasteiger partial charge in [0.1, 0.15) is 11.5 Å². The van der Waals surface area contributed by atoms with Crippen LogP contribution in [0.25, 0.3) is 0 Å². The van der Waals surface area contributed by atoms with Crippen LogP contribution in [-0.2, 0) is 4.79 Å². The average molecular weight is 298 g/mol. The summed E-state index contributed by atoms with van der Waals surface area (Å²) in [6.07, 6.45) is 4.07. The van der Waals surface area contributed by atoms with Crippen molar-refractivity contribution >= 4 is 11.6 Å². The predicted octanol–water partition coefficient (Wildman–Crippen LogP) is 3.77. The highest BCUT2D eigenvalue weighted by molar-refractivity contribution is 6.00. The van der Waals surface area contributed by atoms with Crippen LogP contribution in [0.5, 0.6) is 5.75 Å². The molecule has 1 N–H and O–H groups in total. The number of ketones is 2. The highest BCUT2D eigenvalue weighted by Crippen LogP contribution is 2.59. The van der Waals surface area contributed by atoms with E-state index in [2.05, 4.69) is 6.92 Å². The lowest BCUT2D eigenvalue weighted by Gasteiger charge is -2.47. The molecule has 0 radical (unpaired) electrons. The summed E-state index contributed by atoms with van der Waals surface area (Å²) in [5, 5.41) is 9.92. The third-order valence-corrected chi connectivity index (χ3v) is 6.64. The molecule has 0 aromatic heterocycles. The van der Waals surface area contributed by atoms with E-state index in [-0.39, 0.29) is 16.9 Å². The van der Waals surface area contributed by atoms with Gasteiger partial charge in [-0.1, -0.05) is 13.0 Å². The van der Waals surface area contributed by atoms with Gasteiger partial charge in [-0.25, -0.2) is 0 Å². The van der Waals surface area contributed by atoms with Gasteiger partial charge in [-0.05, 0) is 61.1 Å². The van der Waals surface area contributed by atoms with Crippen LogP contribution >= 0.6 is 0 Å². The van der Waals surface area contributed by atoms with Crippen molar-refractivity contribution in [3.05, 3.63) is 28.8 Å². The number of fused-ring (bicyclic) bond motifs is 5. The summed E-state index contributed by atoms with van der Waals surface area (Å²) < 4.78 is 0. The topological polar surface area (TPSA) is 54.4 Å². The maximum absolute atomic E-state index is 12.6. The van der Waals surface area contributed by atoms with E-state index in [1.54, 1.807) is 6.07 Å². The monoisotopic (exact) mass is 298 g/mol. The van der Waals surface area contributed by atoms with Gasteiger partial charge in [0, 0.05) is 23.8 Å². The van der Waals surface area contributed by atoms with Crippen LogP contribution in [-0.4, -0.2) is 16.7 Å². The molecule has 0 amide bonds. The first kappa shape index (κ1) is 14.0. The Hall–Kier alpha value is -1.64. The third-order valence-electron chi connectivity index (χ3n) is 6.64. The van der Waals surface area contributed by atoms with Crippen LogP contribution in [0.4, 0.5) is 0 Å². The van der Waals surface area contributed by atoms with E-state index in [1.807, 2.05) is 13.0 Å². The van der Waals surface area contributed by atoms with Gasteiger partial charge >= 0.3 is 0 Å². The zero-order valence-electron chi connectivity index (χ0n) is 13.2. The molecule has 2 saturated carbocycles. The molecule has 116 valence electrons. The molecule has 0 spiro atoms. The minimum absolute atomic E-state index is 0.134. The molecule has 3 aliphatic rings. The molecule has 4 rings (SSSR count). The first-order valence-electron chi connectivity index (χ1n) is 8.32. The first-order valence-corrected chi connectivity index (χ1v) is 8.32. The van der Waals surface area contributed by atoms with Crippen LogP contribution in [0.15, 0.2) is 12.1 Å². The van der Waals surface area contributed by atoms with E-state index < -0.39 is 0 Å². The van der Waals surface area contributed by atoms with Crippen LogP contribution in [0.3, 0.4) is 0 Å². The fraction of sp³-hybridized carbons (Fsp3) is 0.579. The SMILES string of the molecule is Cc1cc2c(cc1O)C(=O)CC1C2CC[C@]2(C)C(=O)CCC12. The summed E-state index contributed by atoms with van der Waals surface area (Å²) in [4.78, 5) is 24.9. The second-order valence-electron chi connectivity index (χ2n) is 7.65. The van der Waals surface area contributed by atoms with Gasteiger partial charge in [0.05, 0.1) is 0 Å². The molecule has 4 atom stereocenters. The number of benzene rings is 1. The summed E-state index contributed by atoms with van der Waals surface area (Å²) in [7, 11) is 0. The summed E-state index contributed by atoms with van der Waals surface area (Å²) in [6.45, 7) is 4.00. The van der Waals surface area contributed by atoms with Crippen molar-refractivity contribution in [1.82, 2.24) is 0 Å². The lowest BCUT2D eigenvalue weighted by molar-refractivity contribution is -0.129. The van der Waals surface area contributed by atoms with Crippen molar-refractivity contribution in [3.63, 3.8) is 0 Å². The fourth-order valence-electron chi connectivity index (χ4n) is 5.32. The van der Waals surface area contributed by atoms with E-state index in [4.69, 9.17) is 0 Å². The van der Waals surface area contributed by atoms with Crippen LogP contribution in [0, 0.1) is 24.2 Å². The Morgan fingerprint density at radius 3 is 2.77 bits per heavy atom. The zero-order valence-corrected chi connectivity index (χ0v) is 13.2. The number of aromatic hydroxyl groups is 1. The molecule has 3 unspecified atom stereocenters. The van der Waals surface area contributed by atoms with Crippen LogP contribution in [0.2, 0.25) is 0 Å². The largest absolute Gasteiger partial charge is 0.508 e. The summed E-state index contributed by atoms with van der Waals surface area (Å²) in [5.74, 6) is 1.77. The molecule has 0 aliphatic heterocycles. The molecule has 3 heteroatoms. The molecule has 1 aromatic rings. The number of aryl methyl sites for hydroxylation is 1. The number of rotatable bonds is 0. The molecule has 1 aromatic carbocycles. The van der Waals surface area contributed by atoms with E-state index in [0.717, 1.165) is 30.4 Å². The fourth-order valence-corrected chi connectivity index (χ4v) is 5.32. The smallest absolute Gasteiger partial charge is 0.163 e. The lowest BCUT2D eigenvalue weighted by Crippen LogP contribution is -2.43. The molecule has 3 aliphatic carbocycles. The summed E-state index contributed by atoms with van der Waals surface area (Å²) >= 11 is 0. The molecular weight excluding hydrogens is 276 g/mol. The number of phenols is 1. The van der Waals surface area contributed by atoms with E-state index in [1.165, 1.54) is 0 Å². The Morgan fingerprint density at radius 2 is 2.00 bits per heavy atom. The Kier molecular flexibility index (Phi) is 2.82. The molecule has 3 nitrogen and oxygen atoms in total. The van der Waals surface area contributed by atoms with Crippen molar-refractivity contribution in [2.24, 2.45) is 17.3 Å². The molecule has 0 saturated heterocycles.